The number of nitrogen functional groups attached to an aromatic ring is 1. The highest BCUT2D eigenvalue weighted by atomic mass is 35.5. The minimum atomic E-state index is -3.92. The molecule has 0 radical (unpaired) electrons. The summed E-state index contributed by atoms with van der Waals surface area (Å²) < 4.78 is 39.5. The maximum absolute atomic E-state index is 13.6. The standard InChI is InChI=1S/C10H14ClFN2O2S/c1-6(2)5-14-17(15,16)9-4-7(11)3-8(13)10(9)12/h3-4,6,14H,5,13H2,1-2H3. The van der Waals surface area contributed by atoms with Crippen LogP contribution in [0.2, 0.25) is 5.02 Å². The molecular weight excluding hydrogens is 267 g/mol. The number of benzene rings is 1. The van der Waals surface area contributed by atoms with Crippen LogP contribution in [0, 0.1) is 11.7 Å². The summed E-state index contributed by atoms with van der Waals surface area (Å²) in [7, 11) is -3.92. The second-order valence-electron chi connectivity index (χ2n) is 4.05. The van der Waals surface area contributed by atoms with Gasteiger partial charge in [0.2, 0.25) is 10.0 Å². The van der Waals surface area contributed by atoms with Crippen LogP contribution >= 0.6 is 11.6 Å². The molecule has 0 aliphatic rings. The average molecular weight is 281 g/mol. The van der Waals surface area contributed by atoms with Gasteiger partial charge >= 0.3 is 0 Å². The summed E-state index contributed by atoms with van der Waals surface area (Å²) in [4.78, 5) is -0.525. The van der Waals surface area contributed by atoms with E-state index in [1.165, 1.54) is 6.07 Å². The van der Waals surface area contributed by atoms with Crippen LogP contribution in [0.15, 0.2) is 17.0 Å². The average Bonchev–Trinajstić information content (AvgIpc) is 2.20. The molecule has 7 heteroatoms. The van der Waals surface area contributed by atoms with Crippen LogP contribution in [0.3, 0.4) is 0 Å². The summed E-state index contributed by atoms with van der Waals surface area (Å²) in [5, 5.41) is 0.0776. The normalized spacial score (nSPS) is 12.1. The van der Waals surface area contributed by atoms with Gasteiger partial charge in [-0.1, -0.05) is 25.4 Å². The summed E-state index contributed by atoms with van der Waals surface area (Å²) in [5.74, 6) is -0.866. The largest absolute Gasteiger partial charge is 0.396 e. The van der Waals surface area contributed by atoms with E-state index in [0.29, 0.717) is 0 Å². The predicted octanol–water partition coefficient (Wildman–Crippen LogP) is 2.00. The first-order chi connectivity index (χ1) is 7.74. The molecule has 0 atom stereocenters. The molecule has 0 aliphatic carbocycles. The van der Waals surface area contributed by atoms with Crippen molar-refractivity contribution in [3.8, 4) is 0 Å². The molecule has 0 fully saturated rings. The van der Waals surface area contributed by atoms with Crippen LogP contribution < -0.4 is 10.5 Å². The Morgan fingerprint density at radius 1 is 1.47 bits per heavy atom. The Morgan fingerprint density at radius 2 is 2.06 bits per heavy atom. The van der Waals surface area contributed by atoms with Crippen LogP contribution in [0.25, 0.3) is 0 Å². The quantitative estimate of drug-likeness (QED) is 0.829. The summed E-state index contributed by atoms with van der Waals surface area (Å²) in [6.07, 6.45) is 0. The van der Waals surface area contributed by atoms with Crippen molar-refractivity contribution < 1.29 is 12.8 Å². The van der Waals surface area contributed by atoms with Crippen LogP contribution in [-0.4, -0.2) is 15.0 Å². The van der Waals surface area contributed by atoms with E-state index in [1.54, 1.807) is 0 Å². The van der Waals surface area contributed by atoms with E-state index in [0.717, 1.165) is 6.07 Å². The molecule has 0 aromatic heterocycles. The predicted molar refractivity (Wildman–Crippen MR) is 65.8 cm³/mol. The van der Waals surface area contributed by atoms with Gasteiger partial charge in [0.1, 0.15) is 4.90 Å². The third-order valence-corrected chi connectivity index (χ3v) is 3.64. The first-order valence-corrected chi connectivity index (χ1v) is 6.84. The van der Waals surface area contributed by atoms with E-state index in [2.05, 4.69) is 4.72 Å². The van der Waals surface area contributed by atoms with Gasteiger partial charge in [-0.25, -0.2) is 17.5 Å². The van der Waals surface area contributed by atoms with E-state index in [4.69, 9.17) is 17.3 Å². The lowest BCUT2D eigenvalue weighted by Crippen LogP contribution is -2.28. The lowest BCUT2D eigenvalue weighted by atomic mass is 10.2. The van der Waals surface area contributed by atoms with Crippen molar-refractivity contribution in [2.24, 2.45) is 5.92 Å². The molecule has 0 amide bonds. The van der Waals surface area contributed by atoms with Gasteiger partial charge in [0.15, 0.2) is 5.82 Å². The first kappa shape index (κ1) is 14.2. The highest BCUT2D eigenvalue weighted by molar-refractivity contribution is 7.89. The summed E-state index contributed by atoms with van der Waals surface area (Å²) in [5.41, 5.74) is 5.03. The van der Waals surface area contributed by atoms with Crippen molar-refractivity contribution in [2.45, 2.75) is 18.7 Å². The van der Waals surface area contributed by atoms with E-state index >= 15 is 0 Å². The molecule has 0 spiro atoms. The van der Waals surface area contributed by atoms with Crippen LogP contribution in [-0.2, 0) is 10.0 Å². The van der Waals surface area contributed by atoms with Crippen molar-refractivity contribution in [2.75, 3.05) is 12.3 Å². The van der Waals surface area contributed by atoms with Crippen LogP contribution in [0.1, 0.15) is 13.8 Å². The summed E-state index contributed by atoms with van der Waals surface area (Å²) in [6, 6.07) is 2.20. The number of hydrogen-bond acceptors (Lipinski definition) is 3. The van der Waals surface area contributed by atoms with Gasteiger partial charge in [0.05, 0.1) is 5.69 Å². The van der Waals surface area contributed by atoms with Crippen molar-refractivity contribution in [3.05, 3.63) is 23.0 Å². The molecule has 4 nitrogen and oxygen atoms in total. The van der Waals surface area contributed by atoms with Crippen LogP contribution in [0.5, 0.6) is 0 Å². The minimum Gasteiger partial charge on any atom is -0.396 e. The molecule has 3 N–H and O–H groups in total. The van der Waals surface area contributed by atoms with E-state index < -0.39 is 20.7 Å². The van der Waals surface area contributed by atoms with Gasteiger partial charge in [0, 0.05) is 11.6 Å². The summed E-state index contributed by atoms with van der Waals surface area (Å²) >= 11 is 5.65. The Balaban J connectivity index is 3.15. The zero-order valence-electron chi connectivity index (χ0n) is 9.50. The van der Waals surface area contributed by atoms with Crippen LogP contribution in [0.4, 0.5) is 10.1 Å². The van der Waals surface area contributed by atoms with Gasteiger partial charge in [-0.05, 0) is 18.1 Å². The minimum absolute atomic E-state index is 0.0776. The lowest BCUT2D eigenvalue weighted by Gasteiger charge is -2.10. The maximum atomic E-state index is 13.6. The number of halogens is 2. The van der Waals surface area contributed by atoms with Gasteiger partial charge in [-0.15, -0.1) is 0 Å². The van der Waals surface area contributed by atoms with E-state index in [-0.39, 0.29) is 23.2 Å². The molecule has 1 rings (SSSR count). The summed E-state index contributed by atoms with van der Waals surface area (Å²) in [6.45, 7) is 3.89. The Morgan fingerprint density at radius 3 is 2.59 bits per heavy atom. The molecule has 0 heterocycles. The fourth-order valence-corrected chi connectivity index (χ4v) is 2.77. The second-order valence-corrected chi connectivity index (χ2v) is 6.22. The van der Waals surface area contributed by atoms with Gasteiger partial charge in [-0.3, -0.25) is 0 Å². The number of rotatable bonds is 4. The number of nitrogens with two attached hydrogens (primary N) is 1. The molecule has 0 saturated heterocycles. The van der Waals surface area contributed by atoms with Crippen molar-refractivity contribution in [1.82, 2.24) is 4.72 Å². The number of sulfonamides is 1. The maximum Gasteiger partial charge on any atom is 0.243 e. The fraction of sp³-hybridized carbons (Fsp3) is 0.400. The Labute approximate surface area is 105 Å². The Hall–Kier alpha value is -0.850. The molecule has 0 aliphatic heterocycles. The van der Waals surface area contributed by atoms with Crippen molar-refractivity contribution >= 4 is 27.3 Å². The molecule has 96 valence electrons. The topological polar surface area (TPSA) is 72.2 Å². The number of hydrogen-bond donors (Lipinski definition) is 2. The third-order valence-electron chi connectivity index (χ3n) is 2.00. The molecule has 0 unspecified atom stereocenters. The molecule has 17 heavy (non-hydrogen) atoms. The first-order valence-electron chi connectivity index (χ1n) is 4.98. The Bertz CT molecular complexity index is 517. The zero-order valence-corrected chi connectivity index (χ0v) is 11.1. The highest BCUT2D eigenvalue weighted by Crippen LogP contribution is 2.25. The number of nitrogens with one attached hydrogen (secondary N) is 1. The molecular formula is C10H14ClFN2O2S. The Kier molecular flexibility index (Phi) is 4.35. The van der Waals surface area contributed by atoms with Crippen molar-refractivity contribution in [3.63, 3.8) is 0 Å². The number of anilines is 1. The van der Waals surface area contributed by atoms with E-state index in [1.807, 2.05) is 13.8 Å². The SMILES string of the molecule is CC(C)CNS(=O)(=O)c1cc(Cl)cc(N)c1F. The van der Waals surface area contributed by atoms with Gasteiger partial charge in [-0.2, -0.15) is 0 Å². The monoisotopic (exact) mass is 280 g/mol. The molecule has 1 aromatic rings. The fourth-order valence-electron chi connectivity index (χ4n) is 1.13. The van der Waals surface area contributed by atoms with E-state index in [9.17, 15) is 12.8 Å². The zero-order chi connectivity index (χ0) is 13.2. The highest BCUT2D eigenvalue weighted by Gasteiger charge is 2.21. The molecule has 0 bridgehead atoms. The lowest BCUT2D eigenvalue weighted by molar-refractivity contribution is 0.545. The third kappa shape index (κ3) is 3.55. The smallest absolute Gasteiger partial charge is 0.243 e. The van der Waals surface area contributed by atoms with Gasteiger partial charge < -0.3 is 5.73 Å². The van der Waals surface area contributed by atoms with Gasteiger partial charge in [0.25, 0.3) is 0 Å². The second kappa shape index (κ2) is 5.20. The molecule has 0 saturated carbocycles. The van der Waals surface area contributed by atoms with Crippen molar-refractivity contribution in [1.29, 1.82) is 0 Å². The molecule has 1 aromatic carbocycles.